The molecule has 27 heavy (non-hydrogen) atoms. The molecule has 0 atom stereocenters. The van der Waals surface area contributed by atoms with E-state index in [9.17, 15) is 0 Å². The molecule has 0 aliphatic rings. The number of aryl methyl sites for hydroxylation is 2. The van der Waals surface area contributed by atoms with E-state index in [4.69, 9.17) is 4.99 Å². The van der Waals surface area contributed by atoms with Gasteiger partial charge >= 0.3 is 0 Å². The largest absolute Gasteiger partial charge is 0.241 e. The van der Waals surface area contributed by atoms with Gasteiger partial charge < -0.3 is 0 Å². The number of hydrogen-bond donors (Lipinski definition) is 0. The van der Waals surface area contributed by atoms with Crippen molar-refractivity contribution in [1.29, 1.82) is 0 Å². The van der Waals surface area contributed by atoms with Gasteiger partial charge in [-0.3, -0.25) is 0 Å². The van der Waals surface area contributed by atoms with Gasteiger partial charge in [0.05, 0.1) is 5.69 Å². The van der Waals surface area contributed by atoms with Crippen molar-refractivity contribution in [2.24, 2.45) is 4.99 Å². The lowest BCUT2D eigenvalue weighted by atomic mass is 10.2. The number of rotatable bonds is 5. The average molecular weight is 390 g/mol. The molecule has 0 bridgehead atoms. The van der Waals surface area contributed by atoms with Crippen LogP contribution < -0.4 is 0 Å². The minimum Gasteiger partial charge on any atom is -0.241 e. The quantitative estimate of drug-likeness (QED) is 0.250. The van der Waals surface area contributed by atoms with Gasteiger partial charge in [0.15, 0.2) is 0 Å². The Hall–Kier alpha value is -2.23. The average Bonchev–Trinajstić information content (AvgIpc) is 2.69. The zero-order chi connectivity index (χ0) is 19.1. The van der Waals surface area contributed by atoms with Gasteiger partial charge in [0.1, 0.15) is 5.04 Å². The molecular formula is C24H23NS2. The molecule has 3 aromatic carbocycles. The molecule has 0 spiro atoms. The molecule has 3 aromatic rings. The highest BCUT2D eigenvalue weighted by molar-refractivity contribution is 8.14. The van der Waals surface area contributed by atoms with E-state index in [2.05, 4.69) is 74.7 Å². The molecule has 0 saturated heterocycles. The van der Waals surface area contributed by atoms with E-state index in [0.29, 0.717) is 0 Å². The zero-order valence-corrected chi connectivity index (χ0v) is 17.5. The number of aliphatic imine (C=N–C) groups is 1. The number of thioether (sulfide) groups is 2. The summed E-state index contributed by atoms with van der Waals surface area (Å²) in [5.74, 6) is 0. The Balaban J connectivity index is 1.85. The Morgan fingerprint density at radius 1 is 0.741 bits per heavy atom. The molecule has 0 aliphatic heterocycles. The van der Waals surface area contributed by atoms with Crippen molar-refractivity contribution in [1.82, 2.24) is 0 Å². The van der Waals surface area contributed by atoms with Gasteiger partial charge in [0, 0.05) is 9.79 Å². The fraction of sp³-hybridized carbons (Fsp3) is 0.125. The Morgan fingerprint density at radius 2 is 1.30 bits per heavy atom. The van der Waals surface area contributed by atoms with E-state index in [0.717, 1.165) is 16.3 Å². The molecule has 1 nitrogen and oxygen atoms in total. The predicted octanol–water partition coefficient (Wildman–Crippen LogP) is 7.82. The van der Waals surface area contributed by atoms with Gasteiger partial charge in [0.25, 0.3) is 0 Å². The van der Waals surface area contributed by atoms with Crippen molar-refractivity contribution in [2.45, 2.75) is 30.6 Å². The second kappa shape index (κ2) is 9.63. The maximum absolute atomic E-state index is 4.90. The van der Waals surface area contributed by atoms with Crippen LogP contribution in [-0.2, 0) is 0 Å². The molecule has 0 saturated carbocycles. The second-order valence-electron chi connectivity index (χ2n) is 6.40. The van der Waals surface area contributed by atoms with Crippen LogP contribution in [0.2, 0.25) is 0 Å². The highest BCUT2D eigenvalue weighted by Gasteiger charge is 2.07. The van der Waals surface area contributed by atoms with Crippen molar-refractivity contribution < 1.29 is 0 Å². The van der Waals surface area contributed by atoms with Gasteiger partial charge in [-0.1, -0.05) is 77.1 Å². The lowest BCUT2D eigenvalue weighted by molar-refractivity contribution is 1.38. The second-order valence-corrected chi connectivity index (χ2v) is 8.40. The van der Waals surface area contributed by atoms with E-state index in [1.54, 1.807) is 23.5 Å². The predicted molar refractivity (Wildman–Crippen MR) is 121 cm³/mol. The number of benzene rings is 3. The smallest absolute Gasteiger partial charge is 0.105 e. The first kappa shape index (κ1) is 19.5. The molecular weight excluding hydrogens is 366 g/mol. The van der Waals surface area contributed by atoms with Gasteiger partial charge in [-0.25, -0.2) is 4.99 Å². The van der Waals surface area contributed by atoms with Crippen LogP contribution in [0.3, 0.4) is 0 Å². The molecule has 0 aliphatic carbocycles. The highest BCUT2D eigenvalue weighted by atomic mass is 32.2. The molecule has 0 aromatic heterocycles. The monoisotopic (exact) mass is 389 g/mol. The molecule has 0 amide bonds. The fourth-order valence-electron chi connectivity index (χ4n) is 2.35. The first-order valence-electron chi connectivity index (χ1n) is 8.89. The third kappa shape index (κ3) is 6.16. The Labute approximate surface area is 170 Å². The van der Waals surface area contributed by atoms with E-state index in [-0.39, 0.29) is 0 Å². The molecule has 0 heterocycles. The summed E-state index contributed by atoms with van der Waals surface area (Å²) in [5, 5.41) is 3.21. The summed E-state index contributed by atoms with van der Waals surface area (Å²) in [5.41, 5.74) is 4.68. The van der Waals surface area contributed by atoms with Crippen LogP contribution in [0.4, 0.5) is 5.69 Å². The van der Waals surface area contributed by atoms with Crippen molar-refractivity contribution in [3.8, 4) is 0 Å². The normalized spacial score (nSPS) is 12.3. The highest BCUT2D eigenvalue weighted by Crippen LogP contribution is 2.29. The molecule has 0 fully saturated rings. The van der Waals surface area contributed by atoms with Crippen LogP contribution in [0.5, 0.6) is 0 Å². The number of para-hydroxylation sites is 1. The molecule has 0 N–H and O–H groups in total. The van der Waals surface area contributed by atoms with Crippen molar-refractivity contribution in [2.75, 3.05) is 0 Å². The number of hydrogen-bond acceptors (Lipinski definition) is 3. The van der Waals surface area contributed by atoms with E-state index in [1.807, 2.05) is 30.3 Å². The van der Waals surface area contributed by atoms with Crippen LogP contribution in [-0.4, -0.2) is 5.04 Å². The molecule has 3 heteroatoms. The third-order valence-corrected chi connectivity index (χ3v) is 6.08. The SMILES string of the molecule is CC(=CSc1ccc(C)cc1)/C(=N\c1ccccc1)Sc1ccc(C)cc1. The Kier molecular flexibility index (Phi) is 6.97. The van der Waals surface area contributed by atoms with Crippen LogP contribution in [0.25, 0.3) is 0 Å². The topological polar surface area (TPSA) is 12.4 Å². The van der Waals surface area contributed by atoms with Crippen LogP contribution >= 0.6 is 23.5 Å². The van der Waals surface area contributed by atoms with Gasteiger partial charge in [-0.15, -0.1) is 0 Å². The summed E-state index contributed by atoms with van der Waals surface area (Å²) in [6.07, 6.45) is 0. The van der Waals surface area contributed by atoms with E-state index < -0.39 is 0 Å². The summed E-state index contributed by atoms with van der Waals surface area (Å²) in [7, 11) is 0. The van der Waals surface area contributed by atoms with Crippen LogP contribution in [0.1, 0.15) is 18.1 Å². The summed E-state index contributed by atoms with van der Waals surface area (Å²) in [6, 6.07) is 27.3. The maximum Gasteiger partial charge on any atom is 0.105 e. The molecule has 3 rings (SSSR count). The lowest BCUT2D eigenvalue weighted by Crippen LogP contribution is -1.94. The Bertz CT molecular complexity index is 924. The lowest BCUT2D eigenvalue weighted by Gasteiger charge is -2.08. The molecule has 0 radical (unpaired) electrons. The van der Waals surface area contributed by atoms with E-state index in [1.165, 1.54) is 20.9 Å². The fourth-order valence-corrected chi connectivity index (χ4v) is 4.01. The minimum absolute atomic E-state index is 0.972. The third-order valence-electron chi connectivity index (χ3n) is 3.95. The summed E-state index contributed by atoms with van der Waals surface area (Å²) in [6.45, 7) is 6.35. The maximum atomic E-state index is 4.90. The molecule has 0 unspecified atom stereocenters. The van der Waals surface area contributed by atoms with Crippen LogP contribution in [0, 0.1) is 13.8 Å². The first-order chi connectivity index (χ1) is 13.1. The zero-order valence-electron chi connectivity index (χ0n) is 15.8. The minimum atomic E-state index is 0.972. The summed E-state index contributed by atoms with van der Waals surface area (Å²) >= 11 is 3.44. The van der Waals surface area contributed by atoms with Gasteiger partial charge in [-0.2, -0.15) is 0 Å². The standard InChI is InChI=1S/C24H23NS2/c1-18-9-13-22(14-10-18)26-17-20(3)24(25-21-7-5-4-6-8-21)27-23-15-11-19(2)12-16-23/h4-17H,1-3H3/b20-17?,25-24+. The van der Waals surface area contributed by atoms with Crippen molar-refractivity contribution >= 4 is 34.3 Å². The molecule has 136 valence electrons. The van der Waals surface area contributed by atoms with Crippen LogP contribution in [0.15, 0.2) is 105 Å². The van der Waals surface area contributed by atoms with Gasteiger partial charge in [-0.05, 0) is 68.2 Å². The van der Waals surface area contributed by atoms with Crippen molar-refractivity contribution in [3.63, 3.8) is 0 Å². The summed E-state index contributed by atoms with van der Waals surface area (Å²) < 4.78 is 0. The number of nitrogens with zero attached hydrogens (tertiary/aromatic N) is 1. The van der Waals surface area contributed by atoms with Gasteiger partial charge in [0.2, 0.25) is 0 Å². The summed E-state index contributed by atoms with van der Waals surface area (Å²) in [4.78, 5) is 7.33. The van der Waals surface area contributed by atoms with E-state index >= 15 is 0 Å². The Morgan fingerprint density at radius 3 is 1.89 bits per heavy atom. The first-order valence-corrected chi connectivity index (χ1v) is 10.6. The van der Waals surface area contributed by atoms with Crippen molar-refractivity contribution in [3.05, 3.63) is 101 Å².